The fourth-order valence-corrected chi connectivity index (χ4v) is 1.94. The highest BCUT2D eigenvalue weighted by atomic mass is 14.9. The molecule has 1 unspecified atom stereocenters. The van der Waals surface area contributed by atoms with Crippen molar-refractivity contribution in [2.75, 3.05) is 5.32 Å². The first-order valence-electron chi connectivity index (χ1n) is 6.44. The first kappa shape index (κ1) is 12.6. The van der Waals surface area contributed by atoms with Gasteiger partial charge in [-0.15, -0.1) is 0 Å². The van der Waals surface area contributed by atoms with E-state index in [1.54, 1.807) is 0 Å². The average molecular weight is 240 g/mol. The van der Waals surface area contributed by atoms with E-state index in [-0.39, 0.29) is 6.04 Å². The Morgan fingerprint density at radius 1 is 1.00 bits per heavy atom. The lowest BCUT2D eigenvalue weighted by Crippen LogP contribution is -2.08. The monoisotopic (exact) mass is 240 g/mol. The molecule has 0 bridgehead atoms. The van der Waals surface area contributed by atoms with Gasteiger partial charge >= 0.3 is 0 Å². The number of hydrogen-bond acceptors (Lipinski definition) is 2. The van der Waals surface area contributed by atoms with Crippen molar-refractivity contribution < 1.29 is 0 Å². The van der Waals surface area contributed by atoms with Crippen LogP contribution in [0.2, 0.25) is 0 Å². The quantitative estimate of drug-likeness (QED) is 0.858. The van der Waals surface area contributed by atoms with Gasteiger partial charge < -0.3 is 5.32 Å². The van der Waals surface area contributed by atoms with E-state index in [1.807, 2.05) is 24.4 Å². The first-order chi connectivity index (χ1) is 8.66. The standard InChI is InChI=1S/C16H20N2/c1-12(2)14-7-6-8-15(11-14)18-13(3)16-9-4-5-10-17-16/h4-13,18H,1-3H3. The number of hydrogen-bond donors (Lipinski definition) is 1. The third-order valence-corrected chi connectivity index (χ3v) is 3.07. The molecule has 0 saturated heterocycles. The summed E-state index contributed by atoms with van der Waals surface area (Å²) in [5.74, 6) is 0.553. The molecule has 1 heterocycles. The summed E-state index contributed by atoms with van der Waals surface area (Å²) in [7, 11) is 0. The van der Waals surface area contributed by atoms with Gasteiger partial charge in [0, 0.05) is 11.9 Å². The fourth-order valence-electron chi connectivity index (χ4n) is 1.94. The maximum Gasteiger partial charge on any atom is 0.0657 e. The molecule has 18 heavy (non-hydrogen) atoms. The summed E-state index contributed by atoms with van der Waals surface area (Å²) in [5, 5.41) is 3.49. The van der Waals surface area contributed by atoms with Crippen LogP contribution in [-0.4, -0.2) is 4.98 Å². The Balaban J connectivity index is 2.12. The second kappa shape index (κ2) is 5.67. The molecule has 1 N–H and O–H groups in total. The van der Waals surface area contributed by atoms with Gasteiger partial charge in [-0.1, -0.05) is 32.0 Å². The van der Waals surface area contributed by atoms with E-state index < -0.39 is 0 Å². The molecule has 0 fully saturated rings. The number of benzene rings is 1. The molecular formula is C16H20N2. The highest BCUT2D eigenvalue weighted by molar-refractivity contribution is 5.47. The Hall–Kier alpha value is -1.83. The normalized spacial score (nSPS) is 12.4. The Bertz CT molecular complexity index is 491. The lowest BCUT2D eigenvalue weighted by Gasteiger charge is -2.16. The third-order valence-electron chi connectivity index (χ3n) is 3.07. The van der Waals surface area contributed by atoms with E-state index >= 15 is 0 Å². The Morgan fingerprint density at radius 2 is 1.83 bits per heavy atom. The number of anilines is 1. The second-order valence-electron chi connectivity index (χ2n) is 4.90. The van der Waals surface area contributed by atoms with Crippen molar-refractivity contribution in [3.63, 3.8) is 0 Å². The summed E-state index contributed by atoms with van der Waals surface area (Å²) in [6.45, 7) is 6.55. The van der Waals surface area contributed by atoms with Crippen molar-refractivity contribution in [2.24, 2.45) is 0 Å². The summed E-state index contributed by atoms with van der Waals surface area (Å²) >= 11 is 0. The molecule has 0 spiro atoms. The van der Waals surface area contributed by atoms with Crippen molar-refractivity contribution >= 4 is 5.69 Å². The van der Waals surface area contributed by atoms with Gasteiger partial charge in [-0.25, -0.2) is 0 Å². The molecule has 0 saturated carbocycles. The molecule has 1 aromatic carbocycles. The van der Waals surface area contributed by atoms with E-state index in [0.29, 0.717) is 5.92 Å². The molecule has 1 aromatic heterocycles. The van der Waals surface area contributed by atoms with Crippen LogP contribution in [0, 0.1) is 0 Å². The molecule has 2 nitrogen and oxygen atoms in total. The minimum atomic E-state index is 0.216. The van der Waals surface area contributed by atoms with Crippen LogP contribution in [0.1, 0.15) is 44.0 Å². The third kappa shape index (κ3) is 3.10. The van der Waals surface area contributed by atoms with Crippen molar-refractivity contribution in [2.45, 2.75) is 32.7 Å². The van der Waals surface area contributed by atoms with Crippen LogP contribution < -0.4 is 5.32 Å². The Labute approximate surface area is 109 Å². The fraction of sp³-hybridized carbons (Fsp3) is 0.312. The van der Waals surface area contributed by atoms with Crippen molar-refractivity contribution in [3.8, 4) is 0 Å². The molecule has 94 valence electrons. The maximum absolute atomic E-state index is 4.37. The smallest absolute Gasteiger partial charge is 0.0657 e. The minimum absolute atomic E-state index is 0.216. The van der Waals surface area contributed by atoms with Crippen molar-refractivity contribution in [1.82, 2.24) is 4.98 Å². The van der Waals surface area contributed by atoms with Crippen LogP contribution in [0.25, 0.3) is 0 Å². The van der Waals surface area contributed by atoms with Gasteiger partial charge in [-0.2, -0.15) is 0 Å². The number of nitrogens with one attached hydrogen (secondary N) is 1. The topological polar surface area (TPSA) is 24.9 Å². The molecule has 0 aliphatic rings. The molecule has 2 heteroatoms. The van der Waals surface area contributed by atoms with E-state index in [0.717, 1.165) is 11.4 Å². The van der Waals surface area contributed by atoms with Gasteiger partial charge in [0.1, 0.15) is 0 Å². The summed E-state index contributed by atoms with van der Waals surface area (Å²) in [5.41, 5.74) is 3.57. The van der Waals surface area contributed by atoms with Gasteiger partial charge in [0.25, 0.3) is 0 Å². The average Bonchev–Trinajstić information content (AvgIpc) is 2.40. The van der Waals surface area contributed by atoms with E-state index in [2.05, 4.69) is 55.3 Å². The Kier molecular flexibility index (Phi) is 3.98. The predicted octanol–water partition coefficient (Wildman–Crippen LogP) is 4.38. The lowest BCUT2D eigenvalue weighted by molar-refractivity contribution is 0.834. The molecular weight excluding hydrogens is 220 g/mol. The van der Waals surface area contributed by atoms with Gasteiger partial charge in [-0.05, 0) is 42.7 Å². The number of rotatable bonds is 4. The molecule has 0 radical (unpaired) electrons. The molecule has 0 amide bonds. The van der Waals surface area contributed by atoms with Crippen molar-refractivity contribution in [3.05, 3.63) is 59.9 Å². The first-order valence-corrected chi connectivity index (χ1v) is 6.44. The zero-order valence-electron chi connectivity index (χ0n) is 11.2. The highest BCUT2D eigenvalue weighted by Crippen LogP contribution is 2.22. The highest BCUT2D eigenvalue weighted by Gasteiger charge is 2.06. The van der Waals surface area contributed by atoms with E-state index in [4.69, 9.17) is 0 Å². The van der Waals surface area contributed by atoms with E-state index in [9.17, 15) is 0 Å². The van der Waals surface area contributed by atoms with Crippen LogP contribution in [0.5, 0.6) is 0 Å². The Morgan fingerprint density at radius 3 is 2.50 bits per heavy atom. The zero-order valence-corrected chi connectivity index (χ0v) is 11.2. The van der Waals surface area contributed by atoms with Crippen LogP contribution in [0.4, 0.5) is 5.69 Å². The van der Waals surface area contributed by atoms with Gasteiger partial charge in [0.05, 0.1) is 11.7 Å². The van der Waals surface area contributed by atoms with E-state index in [1.165, 1.54) is 5.56 Å². The summed E-state index contributed by atoms with van der Waals surface area (Å²) < 4.78 is 0. The summed E-state index contributed by atoms with van der Waals surface area (Å²) in [6.07, 6.45) is 1.83. The lowest BCUT2D eigenvalue weighted by atomic mass is 10.0. The van der Waals surface area contributed by atoms with Crippen LogP contribution in [0.15, 0.2) is 48.7 Å². The number of nitrogens with zero attached hydrogens (tertiary/aromatic N) is 1. The number of aromatic nitrogens is 1. The molecule has 0 aliphatic heterocycles. The summed E-state index contributed by atoms with van der Waals surface area (Å²) in [6, 6.07) is 14.8. The van der Waals surface area contributed by atoms with Gasteiger partial charge in [-0.3, -0.25) is 4.98 Å². The second-order valence-corrected chi connectivity index (χ2v) is 4.90. The van der Waals surface area contributed by atoms with Crippen LogP contribution in [-0.2, 0) is 0 Å². The minimum Gasteiger partial charge on any atom is -0.377 e. The molecule has 1 atom stereocenters. The predicted molar refractivity (Wildman–Crippen MR) is 76.8 cm³/mol. The molecule has 2 rings (SSSR count). The number of pyridine rings is 1. The zero-order chi connectivity index (χ0) is 13.0. The summed E-state index contributed by atoms with van der Waals surface area (Å²) in [4.78, 5) is 4.37. The largest absolute Gasteiger partial charge is 0.377 e. The SMILES string of the molecule is CC(C)c1cccc(NC(C)c2ccccn2)c1. The maximum atomic E-state index is 4.37. The van der Waals surface area contributed by atoms with Gasteiger partial charge in [0.2, 0.25) is 0 Å². The molecule has 0 aliphatic carbocycles. The van der Waals surface area contributed by atoms with Crippen LogP contribution >= 0.6 is 0 Å². The van der Waals surface area contributed by atoms with Crippen LogP contribution in [0.3, 0.4) is 0 Å². The van der Waals surface area contributed by atoms with Gasteiger partial charge in [0.15, 0.2) is 0 Å². The molecule has 2 aromatic rings. The van der Waals surface area contributed by atoms with Crippen molar-refractivity contribution in [1.29, 1.82) is 0 Å².